The molecule has 0 atom stereocenters. The van der Waals surface area contributed by atoms with Gasteiger partial charge in [-0.15, -0.1) is 0 Å². The molecule has 2 aliphatic rings. The predicted octanol–water partition coefficient (Wildman–Crippen LogP) is 0.954. The van der Waals surface area contributed by atoms with E-state index in [0.717, 1.165) is 19.5 Å². The van der Waals surface area contributed by atoms with E-state index >= 15 is 0 Å². The van der Waals surface area contributed by atoms with Crippen LogP contribution in [0.2, 0.25) is 0 Å². The molecule has 0 unspecified atom stereocenters. The maximum atomic E-state index is 11.3. The molecule has 0 bridgehead atoms. The fraction of sp³-hybridized carbons (Fsp3) is 0.875. The first-order valence-corrected chi connectivity index (χ1v) is 4.33. The lowest BCUT2D eigenvalue weighted by Crippen LogP contribution is -2.52. The summed E-state index contributed by atoms with van der Waals surface area (Å²) >= 11 is 0. The van der Waals surface area contributed by atoms with Gasteiger partial charge in [0.15, 0.2) is 0 Å². The molecule has 1 aliphatic carbocycles. The quantitative estimate of drug-likeness (QED) is 0.599. The van der Waals surface area contributed by atoms with Crippen LogP contribution in [0.5, 0.6) is 0 Å². The van der Waals surface area contributed by atoms with Crippen LogP contribution in [0.15, 0.2) is 0 Å². The molecule has 2 amide bonds. The predicted molar refractivity (Wildman–Crippen MR) is 42.4 cm³/mol. The highest BCUT2D eigenvalue weighted by Crippen LogP contribution is 2.40. The average molecular weight is 154 g/mol. The van der Waals surface area contributed by atoms with Gasteiger partial charge < -0.3 is 10.2 Å². The van der Waals surface area contributed by atoms with E-state index in [-0.39, 0.29) is 11.6 Å². The summed E-state index contributed by atoms with van der Waals surface area (Å²) in [7, 11) is 0. The zero-order chi connectivity index (χ0) is 7.90. The molecule has 2 rings (SSSR count). The van der Waals surface area contributed by atoms with E-state index in [1.54, 1.807) is 0 Å². The molecule has 1 saturated heterocycles. The summed E-state index contributed by atoms with van der Waals surface area (Å²) in [6, 6.07) is 0.135. The second-order valence-corrected chi connectivity index (χ2v) is 3.54. The number of amides is 2. The Hall–Kier alpha value is -0.730. The van der Waals surface area contributed by atoms with Crippen LogP contribution >= 0.6 is 0 Å². The zero-order valence-corrected chi connectivity index (χ0v) is 6.89. The topological polar surface area (TPSA) is 32.3 Å². The van der Waals surface area contributed by atoms with E-state index in [1.165, 1.54) is 12.8 Å². The van der Waals surface area contributed by atoms with Crippen LogP contribution in [0.25, 0.3) is 0 Å². The van der Waals surface area contributed by atoms with Crippen molar-refractivity contribution >= 4 is 6.03 Å². The van der Waals surface area contributed by atoms with E-state index in [9.17, 15) is 4.79 Å². The third-order valence-electron chi connectivity index (χ3n) is 2.75. The molecule has 0 radical (unpaired) electrons. The fourth-order valence-electron chi connectivity index (χ4n) is 1.65. The van der Waals surface area contributed by atoms with Crippen LogP contribution in [0.1, 0.15) is 26.2 Å². The first-order valence-electron chi connectivity index (χ1n) is 4.33. The normalized spacial score (nSPS) is 27.0. The number of carbonyl (C=O) groups is 1. The van der Waals surface area contributed by atoms with Gasteiger partial charge in [0, 0.05) is 18.6 Å². The van der Waals surface area contributed by atoms with Gasteiger partial charge in [0.25, 0.3) is 0 Å². The Morgan fingerprint density at radius 2 is 2.27 bits per heavy atom. The van der Waals surface area contributed by atoms with Crippen LogP contribution in [-0.4, -0.2) is 29.6 Å². The summed E-state index contributed by atoms with van der Waals surface area (Å²) in [6.45, 7) is 3.80. The van der Waals surface area contributed by atoms with Gasteiger partial charge in [-0.2, -0.15) is 0 Å². The summed E-state index contributed by atoms with van der Waals surface area (Å²) in [5.41, 5.74) is 0.239. The molecule has 0 aromatic rings. The molecule has 3 heteroatoms. The molecule has 1 heterocycles. The van der Waals surface area contributed by atoms with Crippen molar-refractivity contribution in [3.8, 4) is 0 Å². The summed E-state index contributed by atoms with van der Waals surface area (Å²) in [6.07, 6.45) is 3.53. The Kier molecular flexibility index (Phi) is 1.34. The maximum Gasteiger partial charge on any atom is 0.317 e. The standard InChI is InChI=1S/C8H14N2O/c1-2-10-6-5-8(3-4-8)9-7(10)11/h2-6H2,1H3,(H,9,11). The van der Waals surface area contributed by atoms with Crippen molar-refractivity contribution in [3.63, 3.8) is 0 Å². The van der Waals surface area contributed by atoms with Crippen molar-refractivity contribution in [2.75, 3.05) is 13.1 Å². The van der Waals surface area contributed by atoms with E-state index in [2.05, 4.69) is 5.32 Å². The van der Waals surface area contributed by atoms with Gasteiger partial charge in [-0.1, -0.05) is 0 Å². The molecule has 2 fully saturated rings. The monoisotopic (exact) mass is 154 g/mol. The minimum Gasteiger partial charge on any atom is -0.332 e. The van der Waals surface area contributed by atoms with Crippen LogP contribution in [-0.2, 0) is 0 Å². The lowest BCUT2D eigenvalue weighted by atomic mass is 10.1. The highest BCUT2D eigenvalue weighted by atomic mass is 16.2. The van der Waals surface area contributed by atoms with E-state index in [0.29, 0.717) is 0 Å². The average Bonchev–Trinajstić information content (AvgIpc) is 2.70. The van der Waals surface area contributed by atoms with Crippen molar-refractivity contribution in [2.24, 2.45) is 0 Å². The van der Waals surface area contributed by atoms with Crippen molar-refractivity contribution in [2.45, 2.75) is 31.7 Å². The smallest absolute Gasteiger partial charge is 0.317 e. The summed E-state index contributed by atoms with van der Waals surface area (Å²) < 4.78 is 0. The highest BCUT2D eigenvalue weighted by Gasteiger charge is 2.47. The van der Waals surface area contributed by atoms with E-state index in [1.807, 2.05) is 11.8 Å². The van der Waals surface area contributed by atoms with Crippen molar-refractivity contribution in [1.82, 2.24) is 10.2 Å². The second kappa shape index (κ2) is 2.13. The number of hydrogen-bond acceptors (Lipinski definition) is 1. The fourth-order valence-corrected chi connectivity index (χ4v) is 1.65. The van der Waals surface area contributed by atoms with Gasteiger partial charge in [-0.05, 0) is 26.2 Å². The van der Waals surface area contributed by atoms with Gasteiger partial charge in [-0.25, -0.2) is 4.79 Å². The molecule has 11 heavy (non-hydrogen) atoms. The minimum absolute atomic E-state index is 0.135. The second-order valence-electron chi connectivity index (χ2n) is 3.54. The van der Waals surface area contributed by atoms with Crippen LogP contribution in [0.3, 0.4) is 0 Å². The number of nitrogens with one attached hydrogen (secondary N) is 1. The molecule has 62 valence electrons. The van der Waals surface area contributed by atoms with Gasteiger partial charge in [0.1, 0.15) is 0 Å². The van der Waals surface area contributed by atoms with Crippen molar-refractivity contribution in [1.29, 1.82) is 0 Å². The highest BCUT2D eigenvalue weighted by molar-refractivity contribution is 5.76. The molecule has 1 aliphatic heterocycles. The zero-order valence-electron chi connectivity index (χ0n) is 6.89. The Morgan fingerprint density at radius 3 is 2.73 bits per heavy atom. The first-order chi connectivity index (χ1) is 5.26. The number of urea groups is 1. The summed E-state index contributed by atoms with van der Waals surface area (Å²) in [5, 5.41) is 3.05. The third-order valence-corrected chi connectivity index (χ3v) is 2.75. The third kappa shape index (κ3) is 1.08. The molecule has 3 nitrogen and oxygen atoms in total. The molecule has 1 spiro atoms. The van der Waals surface area contributed by atoms with Gasteiger partial charge >= 0.3 is 6.03 Å². The van der Waals surface area contributed by atoms with Gasteiger partial charge in [0.2, 0.25) is 0 Å². The largest absolute Gasteiger partial charge is 0.332 e. The minimum atomic E-state index is 0.135. The van der Waals surface area contributed by atoms with Crippen LogP contribution in [0, 0.1) is 0 Å². The summed E-state index contributed by atoms with van der Waals surface area (Å²) in [5.74, 6) is 0. The lowest BCUT2D eigenvalue weighted by Gasteiger charge is -2.32. The SMILES string of the molecule is CCN1CCC2(CC2)NC1=O. The summed E-state index contributed by atoms with van der Waals surface area (Å²) in [4.78, 5) is 13.2. The molecular formula is C8H14N2O. The molecule has 0 aromatic carbocycles. The Balaban J connectivity index is 1.99. The Bertz CT molecular complexity index is 187. The van der Waals surface area contributed by atoms with Gasteiger partial charge in [0.05, 0.1) is 0 Å². The molecule has 0 aromatic heterocycles. The van der Waals surface area contributed by atoms with Crippen molar-refractivity contribution < 1.29 is 4.79 Å². The Morgan fingerprint density at radius 1 is 1.55 bits per heavy atom. The van der Waals surface area contributed by atoms with Crippen LogP contribution < -0.4 is 5.32 Å². The van der Waals surface area contributed by atoms with Gasteiger partial charge in [-0.3, -0.25) is 0 Å². The maximum absolute atomic E-state index is 11.3. The number of carbonyl (C=O) groups excluding carboxylic acids is 1. The van der Waals surface area contributed by atoms with E-state index in [4.69, 9.17) is 0 Å². The Labute approximate surface area is 66.8 Å². The number of nitrogens with zero attached hydrogens (tertiary/aromatic N) is 1. The molecule has 1 N–H and O–H groups in total. The van der Waals surface area contributed by atoms with E-state index < -0.39 is 0 Å². The van der Waals surface area contributed by atoms with Crippen molar-refractivity contribution in [3.05, 3.63) is 0 Å². The molecular weight excluding hydrogens is 140 g/mol. The lowest BCUT2D eigenvalue weighted by molar-refractivity contribution is 0.174. The number of hydrogen-bond donors (Lipinski definition) is 1. The molecule has 1 saturated carbocycles. The van der Waals surface area contributed by atoms with Crippen LogP contribution in [0.4, 0.5) is 4.79 Å². The number of rotatable bonds is 1. The first kappa shape index (κ1) is 6.95.